The molecule has 136 valence electrons. The second kappa shape index (κ2) is 7.81. The first kappa shape index (κ1) is 17.7. The number of fused-ring (bicyclic) bond motifs is 1. The lowest BCUT2D eigenvalue weighted by Gasteiger charge is -2.20. The van der Waals surface area contributed by atoms with Crippen LogP contribution in [0, 0.1) is 0 Å². The van der Waals surface area contributed by atoms with Crippen LogP contribution in [0.4, 0.5) is 0 Å². The van der Waals surface area contributed by atoms with Crippen LogP contribution >= 0.6 is 0 Å². The number of carbonyl (C=O) groups is 1. The van der Waals surface area contributed by atoms with Crippen molar-refractivity contribution in [3.05, 3.63) is 53.0 Å². The van der Waals surface area contributed by atoms with Crippen LogP contribution in [0.3, 0.4) is 0 Å². The number of nitrogens with one attached hydrogen (secondary N) is 1. The Hall–Kier alpha value is -3.16. The van der Waals surface area contributed by atoms with E-state index in [2.05, 4.69) is 15.0 Å². The molecule has 1 amide bonds. The molecule has 0 atom stereocenters. The number of nitrogens with zero attached hydrogens (tertiary/aromatic N) is 4. The summed E-state index contributed by atoms with van der Waals surface area (Å²) in [4.78, 5) is 37.3. The van der Waals surface area contributed by atoms with Crippen LogP contribution in [0.25, 0.3) is 11.0 Å². The van der Waals surface area contributed by atoms with E-state index < -0.39 is 5.69 Å². The van der Waals surface area contributed by atoms with Gasteiger partial charge in [0.2, 0.25) is 5.91 Å². The lowest BCUT2D eigenvalue weighted by Crippen LogP contribution is -2.38. The van der Waals surface area contributed by atoms with Gasteiger partial charge in [-0.25, -0.2) is 14.8 Å². The first-order valence-corrected chi connectivity index (χ1v) is 8.42. The molecule has 0 unspecified atom stereocenters. The summed E-state index contributed by atoms with van der Waals surface area (Å²) in [7, 11) is 1.62. The van der Waals surface area contributed by atoms with E-state index in [1.807, 2.05) is 25.1 Å². The van der Waals surface area contributed by atoms with Gasteiger partial charge in [0, 0.05) is 38.0 Å². The van der Waals surface area contributed by atoms with Crippen molar-refractivity contribution >= 4 is 16.9 Å². The molecular weight excluding hydrogens is 334 g/mol. The van der Waals surface area contributed by atoms with Crippen molar-refractivity contribution in [2.75, 3.05) is 20.2 Å². The van der Waals surface area contributed by atoms with Crippen LogP contribution in [0.5, 0.6) is 5.75 Å². The number of carbonyl (C=O) groups excluding carboxylic acids is 1. The number of imidazole rings is 1. The maximum atomic E-state index is 12.5. The van der Waals surface area contributed by atoms with Gasteiger partial charge in [0.1, 0.15) is 18.1 Å². The molecule has 0 aliphatic carbocycles. The van der Waals surface area contributed by atoms with Crippen LogP contribution in [-0.2, 0) is 17.8 Å². The van der Waals surface area contributed by atoms with Gasteiger partial charge >= 0.3 is 5.69 Å². The van der Waals surface area contributed by atoms with Crippen molar-refractivity contribution in [3.63, 3.8) is 0 Å². The first-order chi connectivity index (χ1) is 12.6. The van der Waals surface area contributed by atoms with Crippen LogP contribution in [0.1, 0.15) is 12.7 Å². The first-order valence-electron chi connectivity index (χ1n) is 8.42. The van der Waals surface area contributed by atoms with Crippen molar-refractivity contribution in [2.45, 2.75) is 19.9 Å². The molecule has 0 saturated heterocycles. The molecule has 0 aliphatic rings. The van der Waals surface area contributed by atoms with Gasteiger partial charge in [0.15, 0.2) is 0 Å². The summed E-state index contributed by atoms with van der Waals surface area (Å²) in [5.41, 5.74) is 1.33. The van der Waals surface area contributed by atoms with Crippen LogP contribution < -0.4 is 10.4 Å². The topological polar surface area (TPSA) is 93.1 Å². The molecule has 0 aliphatic heterocycles. The average molecular weight is 355 g/mol. The zero-order valence-electron chi connectivity index (χ0n) is 14.8. The standard InChI is InChI=1S/C18H21N5O3/c1-3-22(17(24)12-23-9-4-8-19-18(23)25)10-7-16-20-14-6-5-13(26-2)11-15(14)21-16/h4-6,8-9,11H,3,7,10,12H2,1-2H3,(H,20,21). The van der Waals surface area contributed by atoms with Crippen molar-refractivity contribution in [2.24, 2.45) is 0 Å². The second-order valence-corrected chi connectivity index (χ2v) is 5.82. The lowest BCUT2D eigenvalue weighted by molar-refractivity contribution is -0.131. The molecule has 8 nitrogen and oxygen atoms in total. The van der Waals surface area contributed by atoms with E-state index >= 15 is 0 Å². The van der Waals surface area contributed by atoms with Gasteiger partial charge in [0.25, 0.3) is 0 Å². The predicted octanol–water partition coefficient (Wildman–Crippen LogP) is 1.22. The smallest absolute Gasteiger partial charge is 0.347 e. The minimum Gasteiger partial charge on any atom is -0.497 e. The second-order valence-electron chi connectivity index (χ2n) is 5.82. The Morgan fingerprint density at radius 1 is 1.38 bits per heavy atom. The molecule has 2 heterocycles. The third-order valence-corrected chi connectivity index (χ3v) is 4.18. The van der Waals surface area contributed by atoms with Gasteiger partial charge in [0.05, 0.1) is 18.1 Å². The van der Waals surface area contributed by atoms with E-state index in [4.69, 9.17) is 4.74 Å². The van der Waals surface area contributed by atoms with Gasteiger partial charge in [-0.2, -0.15) is 0 Å². The molecule has 1 aromatic carbocycles. The van der Waals surface area contributed by atoms with Crippen LogP contribution in [0.2, 0.25) is 0 Å². The molecule has 8 heteroatoms. The summed E-state index contributed by atoms with van der Waals surface area (Å²) in [6.45, 7) is 2.97. The van der Waals surface area contributed by atoms with E-state index in [0.717, 1.165) is 22.6 Å². The number of hydrogen-bond acceptors (Lipinski definition) is 5. The maximum Gasteiger partial charge on any atom is 0.347 e. The highest BCUT2D eigenvalue weighted by Crippen LogP contribution is 2.18. The summed E-state index contributed by atoms with van der Waals surface area (Å²) in [6.07, 6.45) is 3.57. The van der Waals surface area contributed by atoms with Crippen molar-refractivity contribution in [1.29, 1.82) is 0 Å². The monoisotopic (exact) mass is 355 g/mol. The number of H-pyrrole nitrogens is 1. The molecule has 0 saturated carbocycles. The molecular formula is C18H21N5O3. The molecule has 0 bridgehead atoms. The summed E-state index contributed by atoms with van der Waals surface area (Å²) < 4.78 is 6.52. The molecule has 3 rings (SSSR count). The van der Waals surface area contributed by atoms with Crippen molar-refractivity contribution in [3.8, 4) is 5.75 Å². The summed E-state index contributed by atoms with van der Waals surface area (Å²) >= 11 is 0. The fraction of sp³-hybridized carbons (Fsp3) is 0.333. The zero-order valence-corrected chi connectivity index (χ0v) is 14.8. The number of benzene rings is 1. The Morgan fingerprint density at radius 2 is 2.23 bits per heavy atom. The van der Waals surface area contributed by atoms with Gasteiger partial charge in [-0.15, -0.1) is 0 Å². The SMILES string of the molecule is CCN(CCc1nc2ccc(OC)cc2[nH]1)C(=O)Cn1cccnc1=O. The quantitative estimate of drug-likeness (QED) is 0.688. The maximum absolute atomic E-state index is 12.5. The molecule has 2 aromatic heterocycles. The number of amides is 1. The minimum absolute atomic E-state index is 0.0160. The number of aromatic nitrogens is 4. The van der Waals surface area contributed by atoms with Gasteiger partial charge < -0.3 is 14.6 Å². The van der Waals surface area contributed by atoms with Gasteiger partial charge in [-0.05, 0) is 25.1 Å². The number of ether oxygens (including phenoxy) is 1. The fourth-order valence-corrected chi connectivity index (χ4v) is 2.74. The van der Waals surface area contributed by atoms with E-state index in [1.54, 1.807) is 24.3 Å². The fourth-order valence-electron chi connectivity index (χ4n) is 2.74. The molecule has 3 aromatic rings. The zero-order chi connectivity index (χ0) is 18.5. The van der Waals surface area contributed by atoms with Crippen molar-refractivity contribution < 1.29 is 9.53 Å². The molecule has 1 N–H and O–H groups in total. The Balaban J connectivity index is 1.65. The van der Waals surface area contributed by atoms with Crippen LogP contribution in [0.15, 0.2) is 41.5 Å². The summed E-state index contributed by atoms with van der Waals surface area (Å²) in [5.74, 6) is 1.44. The molecule has 0 radical (unpaired) electrons. The Morgan fingerprint density at radius 3 is 2.96 bits per heavy atom. The predicted molar refractivity (Wildman–Crippen MR) is 97.1 cm³/mol. The highest BCUT2D eigenvalue weighted by molar-refractivity contribution is 5.77. The number of aromatic amines is 1. The average Bonchev–Trinajstić information content (AvgIpc) is 3.06. The summed E-state index contributed by atoms with van der Waals surface area (Å²) in [5, 5.41) is 0. The lowest BCUT2D eigenvalue weighted by atomic mass is 10.3. The van der Waals surface area contributed by atoms with Crippen molar-refractivity contribution in [1.82, 2.24) is 24.4 Å². The van der Waals surface area contributed by atoms with E-state index in [-0.39, 0.29) is 12.5 Å². The summed E-state index contributed by atoms with van der Waals surface area (Å²) in [6, 6.07) is 7.28. The highest BCUT2D eigenvalue weighted by atomic mass is 16.5. The number of methoxy groups -OCH3 is 1. The number of hydrogen-bond donors (Lipinski definition) is 1. The van der Waals surface area contributed by atoms with E-state index in [9.17, 15) is 9.59 Å². The third-order valence-electron chi connectivity index (χ3n) is 4.18. The number of likely N-dealkylation sites (N-methyl/N-ethyl adjacent to an activating group) is 1. The van der Waals surface area contributed by atoms with Gasteiger partial charge in [-0.1, -0.05) is 0 Å². The largest absolute Gasteiger partial charge is 0.497 e. The normalized spacial score (nSPS) is 10.8. The minimum atomic E-state index is -0.428. The Bertz CT molecular complexity index is 963. The third kappa shape index (κ3) is 3.90. The van der Waals surface area contributed by atoms with E-state index in [0.29, 0.717) is 19.5 Å². The molecule has 0 spiro atoms. The van der Waals surface area contributed by atoms with Crippen LogP contribution in [-0.4, -0.2) is 50.5 Å². The Kier molecular flexibility index (Phi) is 5.31. The molecule has 26 heavy (non-hydrogen) atoms. The number of rotatable bonds is 7. The van der Waals surface area contributed by atoms with E-state index in [1.165, 1.54) is 10.8 Å². The highest BCUT2D eigenvalue weighted by Gasteiger charge is 2.14. The molecule has 0 fully saturated rings. The Labute approximate surface area is 150 Å². The van der Waals surface area contributed by atoms with Gasteiger partial charge in [-0.3, -0.25) is 9.36 Å².